The number of hydrogen-bond donors (Lipinski definition) is 9. The van der Waals surface area contributed by atoms with Crippen LogP contribution in [0.3, 0.4) is 0 Å². The summed E-state index contributed by atoms with van der Waals surface area (Å²) in [6, 6.07) is -1.41. The van der Waals surface area contributed by atoms with Crippen LogP contribution >= 0.6 is 7.82 Å². The van der Waals surface area contributed by atoms with Crippen molar-refractivity contribution in [2.24, 2.45) is 5.73 Å². The van der Waals surface area contributed by atoms with Gasteiger partial charge in [-0.15, -0.1) is 0 Å². The number of aliphatic hydroxyl groups is 7. The molecule has 0 radical (unpaired) electrons. The average molecular weight is 674 g/mol. The minimum Gasteiger partial charge on any atom is -0.394 e. The molecule has 0 aromatic carbocycles. The number of ether oxygens (including phenoxy) is 2. The summed E-state index contributed by atoms with van der Waals surface area (Å²) in [4.78, 5) is 10.3. The van der Waals surface area contributed by atoms with E-state index in [4.69, 9.17) is 24.3 Å². The summed E-state index contributed by atoms with van der Waals surface area (Å²) in [5.41, 5.74) is 5.87. The van der Waals surface area contributed by atoms with Crippen LogP contribution in [0, 0.1) is 0 Å². The van der Waals surface area contributed by atoms with Gasteiger partial charge < -0.3 is 55.8 Å². The lowest BCUT2D eigenvalue weighted by Gasteiger charge is -2.47. The third kappa shape index (κ3) is 13.6. The lowest BCUT2D eigenvalue weighted by molar-refractivity contribution is -0.315. The van der Waals surface area contributed by atoms with E-state index in [-0.39, 0.29) is 6.61 Å². The molecular weight excluding hydrogens is 613 g/mol. The molecule has 0 amide bonds. The van der Waals surface area contributed by atoms with Gasteiger partial charge in [0.2, 0.25) is 0 Å². The monoisotopic (exact) mass is 673 g/mol. The van der Waals surface area contributed by atoms with Crippen LogP contribution in [0.4, 0.5) is 0 Å². The second kappa shape index (κ2) is 21.6. The molecule has 1 aliphatic carbocycles. The van der Waals surface area contributed by atoms with Crippen molar-refractivity contribution in [3.63, 3.8) is 0 Å². The van der Waals surface area contributed by atoms with Gasteiger partial charge in [-0.05, 0) is 6.42 Å². The van der Waals surface area contributed by atoms with Crippen molar-refractivity contribution in [2.45, 2.75) is 177 Å². The number of aliphatic hydroxyl groups excluding tert-OH is 7. The Morgan fingerprint density at radius 1 is 0.644 bits per heavy atom. The average Bonchev–Trinajstić information content (AvgIpc) is 3.02. The maximum atomic E-state index is 12.7. The Morgan fingerprint density at radius 3 is 1.56 bits per heavy atom. The fourth-order valence-electron chi connectivity index (χ4n) is 5.86. The van der Waals surface area contributed by atoms with Crippen molar-refractivity contribution < 1.29 is 63.7 Å². The van der Waals surface area contributed by atoms with Crippen LogP contribution in [0.15, 0.2) is 0 Å². The van der Waals surface area contributed by atoms with Crippen LogP contribution in [0.25, 0.3) is 0 Å². The lowest BCUT2D eigenvalue weighted by atomic mass is 9.84. The summed E-state index contributed by atoms with van der Waals surface area (Å²) in [5, 5.41) is 71.2. The highest BCUT2D eigenvalue weighted by atomic mass is 31.2. The van der Waals surface area contributed by atoms with Gasteiger partial charge in [-0.1, -0.05) is 103 Å². The first-order valence-corrected chi connectivity index (χ1v) is 18.4. The molecule has 15 heteroatoms. The Bertz CT molecular complexity index is 827. The predicted octanol–water partition coefficient (Wildman–Crippen LogP) is 1.36. The normalized spacial score (nSPS) is 35.4. The number of nitrogens with two attached hydrogens (primary N) is 1. The van der Waals surface area contributed by atoms with Crippen molar-refractivity contribution in [3.05, 3.63) is 0 Å². The highest BCUT2D eigenvalue weighted by Gasteiger charge is 2.55. The van der Waals surface area contributed by atoms with E-state index in [9.17, 15) is 45.2 Å². The third-order valence-electron chi connectivity index (χ3n) is 8.77. The zero-order valence-electron chi connectivity index (χ0n) is 26.7. The molecule has 10 N–H and O–H groups in total. The second-order valence-corrected chi connectivity index (χ2v) is 13.9. The molecule has 1 aliphatic heterocycles. The number of phosphoric acid groups is 1. The Kier molecular flexibility index (Phi) is 19.7. The highest BCUT2D eigenvalue weighted by Crippen LogP contribution is 2.47. The molecule has 12 atom stereocenters. The molecule has 1 heterocycles. The molecule has 2 fully saturated rings. The summed E-state index contributed by atoms with van der Waals surface area (Å²) in [6.07, 6.45) is 1.12. The van der Waals surface area contributed by atoms with Crippen LogP contribution < -0.4 is 5.73 Å². The molecule has 0 aromatic heterocycles. The molecule has 1 saturated heterocycles. The Hall–Kier alpha value is -0.290. The molecule has 14 nitrogen and oxygen atoms in total. The fraction of sp³-hybridized carbons (Fsp3) is 1.00. The van der Waals surface area contributed by atoms with Crippen LogP contribution in [-0.4, -0.2) is 121 Å². The minimum atomic E-state index is -4.85. The van der Waals surface area contributed by atoms with E-state index < -0.39 is 81.7 Å². The Balaban J connectivity index is 1.71. The highest BCUT2D eigenvalue weighted by molar-refractivity contribution is 7.47. The third-order valence-corrected chi connectivity index (χ3v) is 9.79. The molecular formula is C30H60NO13P. The largest absolute Gasteiger partial charge is 0.472 e. The smallest absolute Gasteiger partial charge is 0.394 e. The first kappa shape index (κ1) is 40.9. The van der Waals surface area contributed by atoms with Crippen molar-refractivity contribution in [1.82, 2.24) is 0 Å². The van der Waals surface area contributed by atoms with Gasteiger partial charge in [0.15, 0.2) is 6.29 Å². The number of rotatable bonds is 23. The van der Waals surface area contributed by atoms with Gasteiger partial charge in [-0.3, -0.25) is 9.05 Å². The van der Waals surface area contributed by atoms with E-state index in [0.29, 0.717) is 6.42 Å². The molecule has 0 aromatic rings. The molecule has 0 bridgehead atoms. The first-order chi connectivity index (χ1) is 21.4. The SMILES string of the molecule is CCCCCCCCCCCCCCCCCCOP(=O)(O)O[C@@H]1[C@H](O)[C@H](O)[C@@H](O)[C@H](O)[C@H]1O[C@H]1O[C@H](CO)[C@@H](O)[C@H](O)[C@H]1N. The predicted molar refractivity (Wildman–Crippen MR) is 165 cm³/mol. The van der Waals surface area contributed by atoms with Gasteiger partial charge in [0.05, 0.1) is 19.3 Å². The van der Waals surface area contributed by atoms with Crippen LogP contribution in [0.5, 0.6) is 0 Å². The maximum Gasteiger partial charge on any atom is 0.472 e. The van der Waals surface area contributed by atoms with Crippen molar-refractivity contribution >= 4 is 7.82 Å². The van der Waals surface area contributed by atoms with Crippen LogP contribution in [0.1, 0.15) is 110 Å². The standard InChI is InChI=1S/C30H60NO13P/c1-2-3-4-5-6-7-8-9-10-11-12-13-14-15-16-17-18-41-45(39,40)44-29-27(38)25(36)24(35)26(37)28(29)43-30-21(31)23(34)22(33)20(19-32)42-30/h20-30,32-38H,2-19,31H2,1H3,(H,39,40)/t20-,21-,22-,23-,24-,25-,26+,27-,28-,29-,30-/m1/s1. The summed E-state index contributed by atoms with van der Waals surface area (Å²) in [5.74, 6) is 0. The Labute approximate surface area is 267 Å². The molecule has 268 valence electrons. The number of phosphoric ester groups is 1. The van der Waals surface area contributed by atoms with E-state index in [1.807, 2.05) is 0 Å². The number of unbranched alkanes of at least 4 members (excludes halogenated alkanes) is 15. The summed E-state index contributed by atoms with van der Waals surface area (Å²) < 4.78 is 33.8. The van der Waals surface area contributed by atoms with Gasteiger partial charge >= 0.3 is 7.82 Å². The molecule has 2 rings (SSSR count). The van der Waals surface area contributed by atoms with E-state index in [1.54, 1.807) is 0 Å². The van der Waals surface area contributed by atoms with Gasteiger partial charge in [-0.25, -0.2) is 4.57 Å². The van der Waals surface area contributed by atoms with Gasteiger partial charge in [-0.2, -0.15) is 0 Å². The minimum absolute atomic E-state index is 0.118. The summed E-state index contributed by atoms with van der Waals surface area (Å²) in [6.45, 7) is 1.40. The molecule has 45 heavy (non-hydrogen) atoms. The quantitative estimate of drug-likeness (QED) is 0.0550. The molecule has 2 aliphatic rings. The summed E-state index contributed by atoms with van der Waals surface area (Å²) >= 11 is 0. The van der Waals surface area contributed by atoms with E-state index in [0.717, 1.165) is 25.7 Å². The van der Waals surface area contributed by atoms with E-state index in [2.05, 4.69) is 6.92 Å². The Morgan fingerprint density at radius 2 is 1.09 bits per heavy atom. The molecule has 1 saturated carbocycles. The van der Waals surface area contributed by atoms with Gasteiger partial charge in [0, 0.05) is 0 Å². The van der Waals surface area contributed by atoms with Crippen LogP contribution in [0.2, 0.25) is 0 Å². The van der Waals surface area contributed by atoms with Gasteiger partial charge in [0.1, 0.15) is 54.9 Å². The van der Waals surface area contributed by atoms with E-state index >= 15 is 0 Å². The van der Waals surface area contributed by atoms with Crippen molar-refractivity contribution in [1.29, 1.82) is 0 Å². The van der Waals surface area contributed by atoms with Gasteiger partial charge in [0.25, 0.3) is 0 Å². The zero-order chi connectivity index (χ0) is 33.4. The maximum absolute atomic E-state index is 12.7. The fourth-order valence-corrected chi connectivity index (χ4v) is 6.83. The second-order valence-electron chi connectivity index (χ2n) is 12.5. The van der Waals surface area contributed by atoms with Crippen molar-refractivity contribution in [3.8, 4) is 0 Å². The lowest BCUT2D eigenvalue weighted by Crippen LogP contribution is -2.68. The topological polar surface area (TPSA) is 242 Å². The van der Waals surface area contributed by atoms with Crippen LogP contribution in [-0.2, 0) is 23.1 Å². The summed E-state index contributed by atoms with van der Waals surface area (Å²) in [7, 11) is -4.85. The molecule has 1 unspecified atom stereocenters. The first-order valence-electron chi connectivity index (χ1n) is 16.9. The zero-order valence-corrected chi connectivity index (χ0v) is 27.6. The molecule has 0 spiro atoms. The van der Waals surface area contributed by atoms with Crippen molar-refractivity contribution in [2.75, 3.05) is 13.2 Å². The van der Waals surface area contributed by atoms with E-state index in [1.165, 1.54) is 70.6 Å². The number of hydrogen-bond acceptors (Lipinski definition) is 13.